The molecule has 6 nitrogen and oxygen atoms in total. The van der Waals surface area contributed by atoms with Crippen LogP contribution in [-0.2, 0) is 9.53 Å². The van der Waals surface area contributed by atoms with Gasteiger partial charge in [-0.3, -0.25) is 10.1 Å². The molecule has 1 aliphatic heterocycles. The maximum Gasteiger partial charge on any atom is 0.338 e. The summed E-state index contributed by atoms with van der Waals surface area (Å²) in [6.07, 6.45) is 0.162. The van der Waals surface area contributed by atoms with Crippen molar-refractivity contribution in [2.75, 3.05) is 11.5 Å². The Kier molecular flexibility index (Phi) is 7.84. The van der Waals surface area contributed by atoms with Gasteiger partial charge in [-0.15, -0.1) is 23.5 Å². The normalized spacial score (nSPS) is 16.0. The molecule has 142 valence electrons. The van der Waals surface area contributed by atoms with Crippen LogP contribution in [0.4, 0.5) is 4.79 Å². The molecule has 0 saturated carbocycles. The monoisotopic (exact) mass is 396 g/mol. The lowest BCUT2D eigenvalue weighted by Gasteiger charge is -2.21. The Bertz CT molecular complexity index is 643. The highest BCUT2D eigenvalue weighted by molar-refractivity contribution is 8.16. The second-order valence-corrected chi connectivity index (χ2v) is 8.94. The number of esters is 1. The van der Waals surface area contributed by atoms with Crippen molar-refractivity contribution in [1.82, 2.24) is 10.6 Å². The van der Waals surface area contributed by atoms with Crippen LogP contribution in [0.2, 0.25) is 0 Å². The second kappa shape index (κ2) is 9.87. The number of imide groups is 1. The molecule has 0 radical (unpaired) electrons. The van der Waals surface area contributed by atoms with Crippen molar-refractivity contribution in [3.63, 3.8) is 0 Å². The van der Waals surface area contributed by atoms with Crippen LogP contribution in [0.5, 0.6) is 0 Å². The topological polar surface area (TPSA) is 84.5 Å². The highest BCUT2D eigenvalue weighted by Crippen LogP contribution is 2.43. The summed E-state index contributed by atoms with van der Waals surface area (Å²) in [4.78, 5) is 35.6. The molecule has 0 bridgehead atoms. The number of nitrogens with one attached hydrogen (secondary N) is 2. The SMILES string of the molecule is CC(C)NC(=O)NC(=O)C(C)OC(=O)c1ccc(C2SCCCS2)cc1. The van der Waals surface area contributed by atoms with Gasteiger partial charge in [-0.1, -0.05) is 12.1 Å². The van der Waals surface area contributed by atoms with Gasteiger partial charge in [-0.05, 0) is 56.4 Å². The van der Waals surface area contributed by atoms with Gasteiger partial charge in [0.15, 0.2) is 6.10 Å². The van der Waals surface area contributed by atoms with Gasteiger partial charge in [0.2, 0.25) is 0 Å². The number of hydrogen-bond acceptors (Lipinski definition) is 6. The zero-order valence-electron chi connectivity index (χ0n) is 15.1. The zero-order valence-corrected chi connectivity index (χ0v) is 16.7. The molecule has 2 rings (SSSR count). The minimum absolute atomic E-state index is 0.0975. The van der Waals surface area contributed by atoms with Crippen LogP contribution >= 0.6 is 23.5 Å². The van der Waals surface area contributed by atoms with Crippen molar-refractivity contribution in [1.29, 1.82) is 0 Å². The van der Waals surface area contributed by atoms with Gasteiger partial charge in [0, 0.05) is 6.04 Å². The Morgan fingerprint density at radius 3 is 2.27 bits per heavy atom. The molecule has 0 aromatic heterocycles. The highest BCUT2D eigenvalue weighted by Gasteiger charge is 2.22. The molecule has 0 spiro atoms. The van der Waals surface area contributed by atoms with Crippen LogP contribution in [-0.4, -0.2) is 41.6 Å². The molecular formula is C18H24N2O4S2. The molecule has 1 heterocycles. The third kappa shape index (κ3) is 6.25. The molecule has 8 heteroatoms. The molecule has 1 aromatic rings. The lowest BCUT2D eigenvalue weighted by atomic mass is 10.1. The summed E-state index contributed by atoms with van der Waals surface area (Å²) in [5.41, 5.74) is 1.55. The van der Waals surface area contributed by atoms with E-state index in [-0.39, 0.29) is 6.04 Å². The van der Waals surface area contributed by atoms with Gasteiger partial charge in [0.1, 0.15) is 0 Å². The Hall–Kier alpha value is -1.67. The average molecular weight is 397 g/mol. The molecular weight excluding hydrogens is 372 g/mol. The number of amides is 3. The van der Waals surface area contributed by atoms with Crippen LogP contribution in [0, 0.1) is 0 Å². The third-order valence-corrected chi connectivity index (χ3v) is 6.57. The summed E-state index contributed by atoms with van der Waals surface area (Å²) < 4.78 is 5.55. The standard InChI is InChI=1S/C18H24N2O4S2/c1-11(2)19-18(23)20-15(21)12(3)24-16(22)13-5-7-14(8-6-13)17-25-9-4-10-26-17/h5-8,11-12,17H,4,9-10H2,1-3H3,(H2,19,20,21,23). The molecule has 3 amide bonds. The van der Waals surface area contributed by atoms with Crippen molar-refractivity contribution in [3.8, 4) is 0 Å². The molecule has 1 aromatic carbocycles. The summed E-state index contributed by atoms with van der Waals surface area (Å²) in [6, 6.07) is 6.56. The molecule has 2 N–H and O–H groups in total. The van der Waals surface area contributed by atoms with E-state index in [1.165, 1.54) is 18.9 Å². The number of thioether (sulfide) groups is 2. The first-order valence-electron chi connectivity index (χ1n) is 8.52. The molecule has 1 fully saturated rings. The van der Waals surface area contributed by atoms with Crippen LogP contribution in [0.25, 0.3) is 0 Å². The number of carbonyl (C=O) groups is 3. The molecule has 1 atom stereocenters. The smallest absolute Gasteiger partial charge is 0.338 e. The minimum Gasteiger partial charge on any atom is -0.449 e. The Morgan fingerprint density at radius 1 is 1.08 bits per heavy atom. The minimum atomic E-state index is -1.07. The van der Waals surface area contributed by atoms with Crippen molar-refractivity contribution < 1.29 is 19.1 Å². The fraction of sp³-hybridized carbons (Fsp3) is 0.500. The largest absolute Gasteiger partial charge is 0.449 e. The van der Waals surface area contributed by atoms with E-state index >= 15 is 0 Å². The second-order valence-electron chi connectivity index (χ2n) is 6.21. The van der Waals surface area contributed by atoms with E-state index in [0.717, 1.165) is 11.5 Å². The summed E-state index contributed by atoms with van der Waals surface area (Å²) in [6.45, 7) is 4.99. The number of rotatable bonds is 5. The molecule has 26 heavy (non-hydrogen) atoms. The number of hydrogen-bond donors (Lipinski definition) is 2. The number of urea groups is 1. The molecule has 0 aliphatic carbocycles. The maximum atomic E-state index is 12.2. The summed E-state index contributed by atoms with van der Waals surface area (Å²) in [7, 11) is 0. The Balaban J connectivity index is 1.88. The highest BCUT2D eigenvalue weighted by atomic mass is 32.2. The Morgan fingerprint density at radius 2 is 1.69 bits per heavy atom. The predicted molar refractivity (Wildman–Crippen MR) is 105 cm³/mol. The predicted octanol–water partition coefficient (Wildman–Crippen LogP) is 3.33. The van der Waals surface area contributed by atoms with E-state index in [2.05, 4.69) is 10.6 Å². The van der Waals surface area contributed by atoms with E-state index < -0.39 is 24.0 Å². The van der Waals surface area contributed by atoms with Gasteiger partial charge in [-0.25, -0.2) is 9.59 Å². The fourth-order valence-electron chi connectivity index (χ4n) is 2.25. The summed E-state index contributed by atoms with van der Waals surface area (Å²) in [5, 5.41) is 4.68. The van der Waals surface area contributed by atoms with E-state index in [1.807, 2.05) is 35.7 Å². The van der Waals surface area contributed by atoms with E-state index in [1.54, 1.807) is 26.0 Å². The Labute approximate surface area is 162 Å². The van der Waals surface area contributed by atoms with Crippen molar-refractivity contribution in [2.45, 2.75) is 43.9 Å². The lowest BCUT2D eigenvalue weighted by molar-refractivity contribution is -0.127. The van der Waals surface area contributed by atoms with E-state index in [0.29, 0.717) is 10.1 Å². The number of ether oxygens (including phenoxy) is 1. The quantitative estimate of drug-likeness (QED) is 0.743. The van der Waals surface area contributed by atoms with Crippen LogP contribution < -0.4 is 10.6 Å². The third-order valence-electron chi connectivity index (χ3n) is 3.56. The average Bonchev–Trinajstić information content (AvgIpc) is 2.61. The van der Waals surface area contributed by atoms with Gasteiger partial charge >= 0.3 is 12.0 Å². The molecule has 1 unspecified atom stereocenters. The lowest BCUT2D eigenvalue weighted by Crippen LogP contribution is -2.46. The van der Waals surface area contributed by atoms with Crippen molar-refractivity contribution in [2.24, 2.45) is 0 Å². The maximum absolute atomic E-state index is 12.2. The van der Waals surface area contributed by atoms with Crippen LogP contribution in [0.3, 0.4) is 0 Å². The first kappa shape index (κ1) is 20.6. The van der Waals surface area contributed by atoms with E-state index in [9.17, 15) is 14.4 Å². The van der Waals surface area contributed by atoms with Crippen LogP contribution in [0.15, 0.2) is 24.3 Å². The van der Waals surface area contributed by atoms with Gasteiger partial charge < -0.3 is 10.1 Å². The number of carbonyl (C=O) groups excluding carboxylic acids is 3. The first-order chi connectivity index (χ1) is 12.4. The first-order valence-corrected chi connectivity index (χ1v) is 10.6. The fourth-order valence-corrected chi connectivity index (χ4v) is 5.14. The van der Waals surface area contributed by atoms with Crippen LogP contribution in [0.1, 0.15) is 47.7 Å². The van der Waals surface area contributed by atoms with E-state index in [4.69, 9.17) is 4.74 Å². The van der Waals surface area contributed by atoms with Gasteiger partial charge in [0.05, 0.1) is 10.1 Å². The van der Waals surface area contributed by atoms with Crippen molar-refractivity contribution >= 4 is 41.4 Å². The van der Waals surface area contributed by atoms with Gasteiger partial charge in [-0.2, -0.15) is 0 Å². The molecule has 1 aliphatic rings. The molecule has 1 saturated heterocycles. The summed E-state index contributed by atoms with van der Waals surface area (Å²) in [5.74, 6) is 1.05. The zero-order chi connectivity index (χ0) is 19.1. The number of benzene rings is 1. The summed E-state index contributed by atoms with van der Waals surface area (Å²) >= 11 is 3.82. The van der Waals surface area contributed by atoms with Gasteiger partial charge in [0.25, 0.3) is 5.91 Å². The van der Waals surface area contributed by atoms with Crippen molar-refractivity contribution in [3.05, 3.63) is 35.4 Å².